The Morgan fingerprint density at radius 3 is 2.62 bits per heavy atom. The third kappa shape index (κ3) is 2.99. The molecule has 1 unspecified atom stereocenters. The maximum absolute atomic E-state index is 9.64. The smallest absolute Gasteiger partial charge is 0.138 e. The highest BCUT2D eigenvalue weighted by Crippen LogP contribution is 2.19. The summed E-state index contributed by atoms with van der Waals surface area (Å²) in [5.74, 6) is 0. The Hall–Kier alpha value is -1.16. The maximum Gasteiger partial charge on any atom is 0.138 e. The quantitative estimate of drug-likeness (QED) is 0.744. The molecule has 0 spiro atoms. The average Bonchev–Trinajstić information content (AvgIpc) is 2.50. The molecule has 1 rings (SSSR count). The van der Waals surface area contributed by atoms with Crippen molar-refractivity contribution in [3.05, 3.63) is 18.7 Å². The van der Waals surface area contributed by atoms with Crippen molar-refractivity contribution in [2.75, 3.05) is 0 Å². The van der Waals surface area contributed by atoms with E-state index in [1.165, 1.54) is 6.33 Å². The van der Waals surface area contributed by atoms with Crippen LogP contribution in [0.2, 0.25) is 0 Å². The molecule has 1 N–H and O–H groups in total. The van der Waals surface area contributed by atoms with E-state index < -0.39 is 6.10 Å². The molecule has 72 valence electrons. The molecular weight excluding hydrogens is 166 g/mol. The van der Waals surface area contributed by atoms with Crippen LogP contribution in [0.25, 0.3) is 6.20 Å². The van der Waals surface area contributed by atoms with Crippen molar-refractivity contribution in [3.8, 4) is 0 Å². The van der Waals surface area contributed by atoms with Crippen LogP contribution in [-0.4, -0.2) is 26.0 Å². The fraction of sp³-hybridized carbons (Fsp3) is 0.556. The van der Waals surface area contributed by atoms with Crippen LogP contribution in [0.1, 0.15) is 20.8 Å². The Kier molecular flexibility index (Phi) is 2.83. The van der Waals surface area contributed by atoms with Gasteiger partial charge in [0.15, 0.2) is 0 Å². The van der Waals surface area contributed by atoms with Gasteiger partial charge in [0.05, 0.1) is 6.10 Å². The first-order chi connectivity index (χ1) is 6.00. The zero-order valence-electron chi connectivity index (χ0n) is 8.18. The number of aliphatic hydroxyl groups excluding tert-OH is 1. The largest absolute Gasteiger partial charge is 0.388 e. The highest BCUT2D eigenvalue weighted by Gasteiger charge is 2.18. The van der Waals surface area contributed by atoms with E-state index in [1.807, 2.05) is 20.8 Å². The minimum Gasteiger partial charge on any atom is -0.388 e. The molecule has 1 atom stereocenters. The van der Waals surface area contributed by atoms with E-state index in [2.05, 4.69) is 10.1 Å². The molecule has 0 fully saturated rings. The molecule has 0 aromatic carbocycles. The number of hydrogen-bond donors (Lipinski definition) is 1. The van der Waals surface area contributed by atoms with Gasteiger partial charge in [0, 0.05) is 6.20 Å². The minimum absolute atomic E-state index is 0.142. The van der Waals surface area contributed by atoms with Gasteiger partial charge in [-0.3, -0.25) is 0 Å². The average molecular weight is 181 g/mol. The summed E-state index contributed by atoms with van der Waals surface area (Å²) in [6.45, 7) is 5.93. The van der Waals surface area contributed by atoms with Crippen LogP contribution >= 0.6 is 0 Å². The highest BCUT2D eigenvalue weighted by atomic mass is 16.3. The van der Waals surface area contributed by atoms with E-state index in [4.69, 9.17) is 0 Å². The van der Waals surface area contributed by atoms with Crippen LogP contribution in [0.5, 0.6) is 0 Å². The summed E-state index contributed by atoms with van der Waals surface area (Å²) in [7, 11) is 0. The molecule has 0 amide bonds. The van der Waals surface area contributed by atoms with Gasteiger partial charge < -0.3 is 5.11 Å². The predicted molar refractivity (Wildman–Crippen MR) is 50.8 cm³/mol. The summed E-state index contributed by atoms with van der Waals surface area (Å²) in [5.41, 5.74) is -0.142. The molecule has 1 heterocycles. The van der Waals surface area contributed by atoms with E-state index in [-0.39, 0.29) is 5.41 Å². The van der Waals surface area contributed by atoms with Crippen LogP contribution in [-0.2, 0) is 0 Å². The van der Waals surface area contributed by atoms with Crippen LogP contribution in [0.15, 0.2) is 18.7 Å². The summed E-state index contributed by atoms with van der Waals surface area (Å²) in [4.78, 5) is 3.78. The van der Waals surface area contributed by atoms with Crippen molar-refractivity contribution in [1.82, 2.24) is 14.8 Å². The van der Waals surface area contributed by atoms with Gasteiger partial charge in [0.1, 0.15) is 12.7 Å². The Balaban J connectivity index is 2.59. The second-order valence-corrected chi connectivity index (χ2v) is 4.03. The number of aromatic nitrogens is 3. The molecule has 0 radical (unpaired) electrons. The zero-order chi connectivity index (χ0) is 9.90. The summed E-state index contributed by atoms with van der Waals surface area (Å²) >= 11 is 0. The van der Waals surface area contributed by atoms with E-state index in [0.29, 0.717) is 0 Å². The Labute approximate surface area is 77.9 Å². The van der Waals surface area contributed by atoms with E-state index >= 15 is 0 Å². The second kappa shape index (κ2) is 3.70. The Morgan fingerprint density at radius 2 is 2.15 bits per heavy atom. The van der Waals surface area contributed by atoms with Gasteiger partial charge in [-0.05, 0) is 11.5 Å². The predicted octanol–water partition coefficient (Wildman–Crippen LogP) is 1.16. The summed E-state index contributed by atoms with van der Waals surface area (Å²) in [5, 5.41) is 13.5. The van der Waals surface area contributed by atoms with Crippen LogP contribution < -0.4 is 0 Å². The number of hydrogen-bond acceptors (Lipinski definition) is 3. The van der Waals surface area contributed by atoms with Gasteiger partial charge in [-0.15, -0.1) is 0 Å². The molecule has 0 saturated heterocycles. The summed E-state index contributed by atoms with van der Waals surface area (Å²) in [6.07, 6.45) is 5.95. The molecule has 0 aliphatic carbocycles. The standard InChI is InChI=1S/C9H15N3O/c1-9(2,3)8(13)4-5-12-7-10-6-11-12/h4-8,13H,1-3H3/b5-4+. The molecule has 0 aliphatic rings. The second-order valence-electron chi connectivity index (χ2n) is 4.03. The summed E-state index contributed by atoms with van der Waals surface area (Å²) in [6, 6.07) is 0. The lowest BCUT2D eigenvalue weighted by atomic mass is 9.89. The Morgan fingerprint density at radius 1 is 1.46 bits per heavy atom. The van der Waals surface area contributed by atoms with Crippen molar-refractivity contribution < 1.29 is 5.11 Å². The number of aliphatic hydroxyl groups is 1. The third-order valence-corrected chi connectivity index (χ3v) is 1.75. The molecule has 0 bridgehead atoms. The maximum atomic E-state index is 9.64. The van der Waals surface area contributed by atoms with Crippen molar-refractivity contribution in [3.63, 3.8) is 0 Å². The SMILES string of the molecule is CC(C)(C)C(O)/C=C/n1cncn1. The van der Waals surface area contributed by atoms with Gasteiger partial charge in [-0.2, -0.15) is 5.10 Å². The van der Waals surface area contributed by atoms with Crippen molar-refractivity contribution in [1.29, 1.82) is 0 Å². The van der Waals surface area contributed by atoms with Gasteiger partial charge >= 0.3 is 0 Å². The molecular formula is C9H15N3O. The first-order valence-electron chi connectivity index (χ1n) is 4.20. The van der Waals surface area contributed by atoms with Gasteiger partial charge in [-0.1, -0.05) is 20.8 Å². The van der Waals surface area contributed by atoms with Crippen LogP contribution in [0.3, 0.4) is 0 Å². The molecule has 4 heteroatoms. The van der Waals surface area contributed by atoms with E-state index in [1.54, 1.807) is 23.3 Å². The first kappa shape index (κ1) is 9.92. The topological polar surface area (TPSA) is 50.9 Å². The zero-order valence-corrected chi connectivity index (χ0v) is 8.18. The molecule has 13 heavy (non-hydrogen) atoms. The molecule has 1 aromatic rings. The normalized spacial score (nSPS) is 15.1. The third-order valence-electron chi connectivity index (χ3n) is 1.75. The van der Waals surface area contributed by atoms with Gasteiger partial charge in [0.2, 0.25) is 0 Å². The minimum atomic E-state index is -0.475. The van der Waals surface area contributed by atoms with E-state index in [9.17, 15) is 5.11 Å². The molecule has 0 aliphatic heterocycles. The first-order valence-corrected chi connectivity index (χ1v) is 4.20. The van der Waals surface area contributed by atoms with Crippen molar-refractivity contribution in [2.24, 2.45) is 5.41 Å². The number of rotatable bonds is 2. The molecule has 0 saturated carbocycles. The van der Waals surface area contributed by atoms with Gasteiger partial charge in [-0.25, -0.2) is 9.67 Å². The van der Waals surface area contributed by atoms with Gasteiger partial charge in [0.25, 0.3) is 0 Å². The fourth-order valence-corrected chi connectivity index (χ4v) is 0.753. The fourth-order valence-electron chi connectivity index (χ4n) is 0.753. The molecule has 4 nitrogen and oxygen atoms in total. The lowest BCUT2D eigenvalue weighted by Crippen LogP contribution is -2.23. The number of nitrogens with zero attached hydrogens (tertiary/aromatic N) is 3. The lowest BCUT2D eigenvalue weighted by Gasteiger charge is -2.22. The van der Waals surface area contributed by atoms with Crippen LogP contribution in [0, 0.1) is 5.41 Å². The summed E-state index contributed by atoms with van der Waals surface area (Å²) < 4.78 is 1.55. The lowest BCUT2D eigenvalue weighted by molar-refractivity contribution is 0.106. The highest BCUT2D eigenvalue weighted by molar-refractivity contribution is 5.21. The molecule has 1 aromatic heterocycles. The monoisotopic (exact) mass is 181 g/mol. The van der Waals surface area contributed by atoms with Crippen LogP contribution in [0.4, 0.5) is 0 Å². The Bertz CT molecular complexity index is 272. The van der Waals surface area contributed by atoms with Crippen molar-refractivity contribution in [2.45, 2.75) is 26.9 Å². The van der Waals surface area contributed by atoms with Crippen molar-refractivity contribution >= 4 is 6.20 Å². The van der Waals surface area contributed by atoms with E-state index in [0.717, 1.165) is 0 Å².